The number of rotatable bonds is 4. The Morgan fingerprint density at radius 3 is 2.72 bits per heavy atom. The van der Waals surface area contributed by atoms with Crippen LogP contribution < -0.4 is 5.32 Å². The molecule has 5 aliphatic rings. The van der Waals surface area contributed by atoms with E-state index in [-0.39, 0.29) is 23.2 Å². The Morgan fingerprint density at radius 1 is 1.28 bits per heavy atom. The van der Waals surface area contributed by atoms with Crippen molar-refractivity contribution in [2.45, 2.75) is 49.3 Å². The van der Waals surface area contributed by atoms with Crippen LogP contribution in [0.2, 0.25) is 0 Å². The summed E-state index contributed by atoms with van der Waals surface area (Å²) in [5.74, 6) is 1.04. The molecule has 3 aliphatic heterocycles. The lowest BCUT2D eigenvalue weighted by molar-refractivity contribution is -0.145. The Bertz CT molecular complexity index is 683. The van der Waals surface area contributed by atoms with Crippen LogP contribution in [0.1, 0.15) is 31.2 Å². The Kier molecular flexibility index (Phi) is 3.48. The number of hydrogen-bond donors (Lipinski definition) is 1. The maximum absolute atomic E-state index is 13.5. The molecule has 5 heteroatoms. The summed E-state index contributed by atoms with van der Waals surface area (Å²) in [6, 6.07) is 8.08. The van der Waals surface area contributed by atoms with Gasteiger partial charge in [0.05, 0.1) is 6.10 Å². The van der Waals surface area contributed by atoms with Crippen LogP contribution in [-0.4, -0.2) is 49.2 Å². The molecular weight excluding hydrogens is 319 g/mol. The standard InChI is InChI=1S/C20H25FN2O2/c1-25-16-10-23(11-16)19(24)9-20(12-2-4-14(21)5-3-12)13-6-15-8-17(20)18(7-13)22-15/h2-5,13,15-18,22H,6-11H2,1H3. The van der Waals surface area contributed by atoms with E-state index in [1.807, 2.05) is 17.0 Å². The van der Waals surface area contributed by atoms with Crippen molar-refractivity contribution in [1.29, 1.82) is 0 Å². The summed E-state index contributed by atoms with van der Waals surface area (Å²) in [6.45, 7) is 1.41. The highest BCUT2D eigenvalue weighted by atomic mass is 19.1. The average molecular weight is 344 g/mol. The van der Waals surface area contributed by atoms with Crippen molar-refractivity contribution >= 4 is 5.91 Å². The van der Waals surface area contributed by atoms with Crippen molar-refractivity contribution in [2.24, 2.45) is 11.8 Å². The van der Waals surface area contributed by atoms with Crippen LogP contribution >= 0.6 is 0 Å². The van der Waals surface area contributed by atoms with Gasteiger partial charge in [0.15, 0.2) is 0 Å². The van der Waals surface area contributed by atoms with Crippen LogP contribution in [0.25, 0.3) is 0 Å². The topological polar surface area (TPSA) is 41.6 Å². The SMILES string of the molecule is COC1CN(C(=O)CC2(c3ccc(F)cc3)C3CC4CC2C(C3)N4)C1. The number of benzene rings is 1. The zero-order chi connectivity index (χ0) is 17.2. The first-order chi connectivity index (χ1) is 12.1. The Morgan fingerprint density at radius 2 is 2.04 bits per heavy atom. The molecule has 2 saturated carbocycles. The largest absolute Gasteiger partial charge is 0.378 e. The predicted octanol–water partition coefficient (Wildman–Crippen LogP) is 2.08. The van der Waals surface area contributed by atoms with Gasteiger partial charge in [-0.3, -0.25) is 4.79 Å². The van der Waals surface area contributed by atoms with Crippen LogP contribution in [0.15, 0.2) is 24.3 Å². The molecule has 4 nitrogen and oxygen atoms in total. The van der Waals surface area contributed by atoms with Crippen molar-refractivity contribution in [3.05, 3.63) is 35.6 Å². The number of hydrogen-bond acceptors (Lipinski definition) is 3. The molecule has 0 radical (unpaired) electrons. The van der Waals surface area contributed by atoms with Crippen molar-refractivity contribution < 1.29 is 13.9 Å². The molecule has 1 aromatic rings. The summed E-state index contributed by atoms with van der Waals surface area (Å²) < 4.78 is 18.8. The van der Waals surface area contributed by atoms with Gasteiger partial charge < -0.3 is 15.0 Å². The van der Waals surface area contributed by atoms with E-state index in [4.69, 9.17) is 4.74 Å². The zero-order valence-corrected chi connectivity index (χ0v) is 14.6. The molecule has 2 aliphatic carbocycles. The van der Waals surface area contributed by atoms with E-state index in [9.17, 15) is 9.18 Å². The van der Waals surface area contributed by atoms with Gasteiger partial charge in [0, 0.05) is 44.1 Å². The van der Waals surface area contributed by atoms with Gasteiger partial charge in [0.2, 0.25) is 5.91 Å². The molecule has 0 aromatic heterocycles. The second kappa shape index (κ2) is 5.52. The van der Waals surface area contributed by atoms with Gasteiger partial charge in [0.25, 0.3) is 0 Å². The first-order valence-corrected chi connectivity index (χ1v) is 9.43. The number of carbonyl (C=O) groups is 1. The summed E-state index contributed by atoms with van der Waals surface area (Å²) in [7, 11) is 1.70. The molecule has 1 N–H and O–H groups in total. The van der Waals surface area contributed by atoms with Gasteiger partial charge in [-0.1, -0.05) is 12.1 Å². The van der Waals surface area contributed by atoms with Gasteiger partial charge in [-0.15, -0.1) is 0 Å². The van der Waals surface area contributed by atoms with Crippen LogP contribution in [0.5, 0.6) is 0 Å². The van der Waals surface area contributed by atoms with Crippen molar-refractivity contribution in [1.82, 2.24) is 10.2 Å². The van der Waals surface area contributed by atoms with E-state index in [1.165, 1.54) is 0 Å². The fraction of sp³-hybridized carbons (Fsp3) is 0.650. The average Bonchev–Trinajstić information content (AvgIpc) is 2.96. The summed E-state index contributed by atoms with van der Waals surface area (Å²) in [6.07, 6.45) is 4.16. The summed E-state index contributed by atoms with van der Waals surface area (Å²) >= 11 is 0. The molecule has 25 heavy (non-hydrogen) atoms. The number of amides is 1. The number of likely N-dealkylation sites (tertiary alicyclic amines) is 1. The number of nitrogens with one attached hydrogen (secondary N) is 1. The van der Waals surface area contributed by atoms with E-state index >= 15 is 0 Å². The minimum atomic E-state index is -0.207. The number of halogens is 1. The van der Waals surface area contributed by atoms with E-state index in [0.29, 0.717) is 43.4 Å². The Labute approximate surface area is 147 Å². The van der Waals surface area contributed by atoms with Gasteiger partial charge in [0.1, 0.15) is 5.82 Å². The second-order valence-electron chi connectivity index (χ2n) is 8.36. The monoisotopic (exact) mass is 344 g/mol. The lowest BCUT2D eigenvalue weighted by atomic mass is 9.59. The minimum absolute atomic E-state index is 0.131. The number of carbonyl (C=O) groups excluding carboxylic acids is 1. The Balaban J connectivity index is 1.47. The molecule has 3 heterocycles. The number of methoxy groups -OCH3 is 1. The van der Waals surface area contributed by atoms with Gasteiger partial charge in [-0.2, -0.15) is 0 Å². The third-order valence-electron chi connectivity index (χ3n) is 7.33. The maximum Gasteiger partial charge on any atom is 0.223 e. The smallest absolute Gasteiger partial charge is 0.223 e. The fourth-order valence-corrected chi connectivity index (χ4v) is 6.13. The van der Waals surface area contributed by atoms with Crippen molar-refractivity contribution in [2.75, 3.05) is 20.2 Å². The highest BCUT2D eigenvalue weighted by Crippen LogP contribution is 2.61. The Hall–Kier alpha value is -1.46. The van der Waals surface area contributed by atoms with Crippen LogP contribution in [0, 0.1) is 17.7 Å². The van der Waals surface area contributed by atoms with Crippen molar-refractivity contribution in [3.63, 3.8) is 0 Å². The molecule has 5 fully saturated rings. The molecule has 5 atom stereocenters. The van der Waals surface area contributed by atoms with E-state index in [1.54, 1.807) is 19.2 Å². The first-order valence-electron chi connectivity index (χ1n) is 9.43. The summed E-state index contributed by atoms with van der Waals surface area (Å²) in [5.41, 5.74) is 1.03. The number of piperidine rings is 1. The highest BCUT2D eigenvalue weighted by molar-refractivity contribution is 5.79. The molecule has 0 spiro atoms. The van der Waals surface area contributed by atoms with Crippen LogP contribution in [0.3, 0.4) is 0 Å². The van der Waals surface area contributed by atoms with Gasteiger partial charge in [-0.05, 0) is 48.8 Å². The van der Waals surface area contributed by atoms with Crippen molar-refractivity contribution in [3.8, 4) is 0 Å². The van der Waals surface area contributed by atoms with Gasteiger partial charge >= 0.3 is 0 Å². The van der Waals surface area contributed by atoms with E-state index < -0.39 is 0 Å². The lowest BCUT2D eigenvalue weighted by Gasteiger charge is -2.47. The van der Waals surface area contributed by atoms with Crippen LogP contribution in [0.4, 0.5) is 4.39 Å². The maximum atomic E-state index is 13.5. The van der Waals surface area contributed by atoms with Crippen LogP contribution in [-0.2, 0) is 14.9 Å². The molecule has 1 amide bonds. The normalized spacial score (nSPS) is 39.0. The fourth-order valence-electron chi connectivity index (χ4n) is 6.13. The first kappa shape index (κ1) is 15.8. The van der Waals surface area contributed by atoms with Gasteiger partial charge in [-0.25, -0.2) is 4.39 Å². The number of ether oxygens (including phenoxy) is 1. The zero-order valence-electron chi connectivity index (χ0n) is 14.6. The lowest BCUT2D eigenvalue weighted by Crippen LogP contribution is -2.56. The number of nitrogens with zero attached hydrogens (tertiary/aromatic N) is 1. The van der Waals surface area contributed by atoms with E-state index in [0.717, 1.165) is 24.8 Å². The molecule has 5 unspecified atom stereocenters. The summed E-state index contributed by atoms with van der Waals surface area (Å²) in [4.78, 5) is 14.9. The molecule has 1 aromatic carbocycles. The van der Waals surface area contributed by atoms with E-state index in [2.05, 4.69) is 5.32 Å². The third-order valence-corrected chi connectivity index (χ3v) is 7.33. The quantitative estimate of drug-likeness (QED) is 0.909. The summed E-state index contributed by atoms with van der Waals surface area (Å²) in [5, 5.41) is 3.75. The molecule has 134 valence electrons. The molecule has 6 rings (SSSR count). The minimum Gasteiger partial charge on any atom is -0.378 e. The molecule has 3 saturated heterocycles. The highest BCUT2D eigenvalue weighted by Gasteiger charge is 2.63. The predicted molar refractivity (Wildman–Crippen MR) is 91.6 cm³/mol. The third kappa shape index (κ3) is 2.21. The molecule has 4 bridgehead atoms. The second-order valence-corrected chi connectivity index (χ2v) is 8.36. The molecular formula is C20H25FN2O2.